The summed E-state index contributed by atoms with van der Waals surface area (Å²) in [6, 6.07) is 7.99. The van der Waals surface area contributed by atoms with Crippen molar-refractivity contribution in [2.75, 3.05) is 7.11 Å². The van der Waals surface area contributed by atoms with E-state index in [0.717, 1.165) is 18.6 Å². The molecule has 0 bridgehead atoms. The number of hydrogen-bond acceptors (Lipinski definition) is 2. The number of rotatable bonds is 7. The third kappa shape index (κ3) is 5.76. The van der Waals surface area contributed by atoms with E-state index >= 15 is 0 Å². The molecule has 1 aromatic carbocycles. The molecule has 17 heavy (non-hydrogen) atoms. The summed E-state index contributed by atoms with van der Waals surface area (Å²) in [5.41, 5.74) is 1.26. The van der Waals surface area contributed by atoms with Crippen LogP contribution in [-0.2, 0) is 11.2 Å². The summed E-state index contributed by atoms with van der Waals surface area (Å²) in [6.07, 6.45) is 6.68. The molecule has 0 atom stereocenters. The molecule has 0 radical (unpaired) electrons. The second-order valence-electron chi connectivity index (χ2n) is 3.79. The molecule has 1 N–H and O–H groups in total. The van der Waals surface area contributed by atoms with E-state index in [9.17, 15) is 4.79 Å². The molecule has 0 spiro atoms. The highest BCUT2D eigenvalue weighted by Crippen LogP contribution is 2.12. The minimum absolute atomic E-state index is 0.207. The van der Waals surface area contributed by atoms with Crippen molar-refractivity contribution in [3.8, 4) is 5.75 Å². The zero-order valence-corrected chi connectivity index (χ0v) is 10.1. The lowest BCUT2D eigenvalue weighted by Crippen LogP contribution is -1.91. The molecule has 0 saturated heterocycles. The van der Waals surface area contributed by atoms with Gasteiger partial charge in [0.25, 0.3) is 0 Å². The molecule has 1 aromatic rings. The highest BCUT2D eigenvalue weighted by atomic mass is 16.5. The molecule has 0 aliphatic heterocycles. The zero-order valence-electron chi connectivity index (χ0n) is 10.1. The van der Waals surface area contributed by atoms with E-state index in [0.29, 0.717) is 6.42 Å². The normalized spacial score (nSPS) is 10.6. The summed E-state index contributed by atoms with van der Waals surface area (Å²) in [5.74, 6) is 0.121. The summed E-state index contributed by atoms with van der Waals surface area (Å²) in [5, 5.41) is 8.45. The van der Waals surface area contributed by atoms with Crippen LogP contribution in [0.2, 0.25) is 0 Å². The van der Waals surface area contributed by atoms with Gasteiger partial charge in [-0.1, -0.05) is 24.3 Å². The fraction of sp³-hybridized carbons (Fsp3) is 0.357. The molecule has 92 valence electrons. The number of carbonyl (C=O) groups is 1. The van der Waals surface area contributed by atoms with Crippen molar-refractivity contribution in [3.05, 3.63) is 42.0 Å². The maximum Gasteiger partial charge on any atom is 0.303 e. The third-order valence-corrected chi connectivity index (χ3v) is 2.45. The summed E-state index contributed by atoms with van der Waals surface area (Å²) in [4.78, 5) is 10.3. The van der Waals surface area contributed by atoms with Gasteiger partial charge in [-0.15, -0.1) is 0 Å². The minimum Gasteiger partial charge on any atom is -0.497 e. The molecule has 0 heterocycles. The third-order valence-electron chi connectivity index (χ3n) is 2.45. The Hall–Kier alpha value is -1.77. The molecule has 3 nitrogen and oxygen atoms in total. The van der Waals surface area contributed by atoms with Gasteiger partial charge < -0.3 is 9.84 Å². The van der Waals surface area contributed by atoms with Crippen LogP contribution in [0.5, 0.6) is 5.75 Å². The van der Waals surface area contributed by atoms with Crippen molar-refractivity contribution in [3.63, 3.8) is 0 Å². The van der Waals surface area contributed by atoms with Crippen LogP contribution < -0.4 is 4.74 Å². The van der Waals surface area contributed by atoms with E-state index in [1.54, 1.807) is 7.11 Å². The average Bonchev–Trinajstić information content (AvgIpc) is 2.34. The van der Waals surface area contributed by atoms with Gasteiger partial charge in [-0.05, 0) is 37.0 Å². The van der Waals surface area contributed by atoms with Crippen LogP contribution in [0.1, 0.15) is 24.8 Å². The maximum atomic E-state index is 10.3. The first-order valence-corrected chi connectivity index (χ1v) is 5.72. The monoisotopic (exact) mass is 234 g/mol. The van der Waals surface area contributed by atoms with Gasteiger partial charge in [0.05, 0.1) is 7.11 Å². The van der Waals surface area contributed by atoms with Crippen molar-refractivity contribution in [2.45, 2.75) is 25.7 Å². The molecular weight excluding hydrogens is 216 g/mol. The Morgan fingerprint density at radius 3 is 2.47 bits per heavy atom. The van der Waals surface area contributed by atoms with E-state index in [2.05, 4.69) is 0 Å². The summed E-state index contributed by atoms with van der Waals surface area (Å²) >= 11 is 0. The number of allylic oxidation sites excluding steroid dienone is 2. The first kappa shape index (κ1) is 13.3. The topological polar surface area (TPSA) is 46.5 Å². The fourth-order valence-electron chi connectivity index (χ4n) is 1.48. The number of carboxylic acids is 1. The molecule has 0 unspecified atom stereocenters. The fourth-order valence-corrected chi connectivity index (χ4v) is 1.48. The van der Waals surface area contributed by atoms with Gasteiger partial charge in [0.1, 0.15) is 5.75 Å². The average molecular weight is 234 g/mol. The summed E-state index contributed by atoms with van der Waals surface area (Å²) in [7, 11) is 1.65. The molecule has 0 aliphatic rings. The highest BCUT2D eigenvalue weighted by Gasteiger charge is 1.94. The number of hydrogen-bond donors (Lipinski definition) is 1. The van der Waals surface area contributed by atoms with Crippen molar-refractivity contribution in [2.24, 2.45) is 0 Å². The van der Waals surface area contributed by atoms with Crippen LogP contribution in [0.3, 0.4) is 0 Å². The Morgan fingerprint density at radius 2 is 1.88 bits per heavy atom. The number of aryl methyl sites for hydroxylation is 1. The smallest absolute Gasteiger partial charge is 0.303 e. The number of methoxy groups -OCH3 is 1. The van der Waals surface area contributed by atoms with Crippen molar-refractivity contribution >= 4 is 5.97 Å². The molecule has 0 amide bonds. The van der Waals surface area contributed by atoms with Gasteiger partial charge in [-0.2, -0.15) is 0 Å². The summed E-state index contributed by atoms with van der Waals surface area (Å²) < 4.78 is 5.08. The lowest BCUT2D eigenvalue weighted by molar-refractivity contribution is -0.136. The first-order valence-electron chi connectivity index (χ1n) is 5.72. The van der Waals surface area contributed by atoms with Crippen molar-refractivity contribution in [1.82, 2.24) is 0 Å². The van der Waals surface area contributed by atoms with E-state index in [-0.39, 0.29) is 6.42 Å². The second-order valence-corrected chi connectivity index (χ2v) is 3.79. The number of aliphatic carboxylic acids is 1. The van der Waals surface area contributed by atoms with Gasteiger partial charge in [-0.3, -0.25) is 4.79 Å². The van der Waals surface area contributed by atoms with Crippen LogP contribution in [-0.4, -0.2) is 18.2 Å². The van der Waals surface area contributed by atoms with Crippen LogP contribution in [0.15, 0.2) is 36.4 Å². The van der Waals surface area contributed by atoms with E-state index < -0.39 is 5.97 Å². The highest BCUT2D eigenvalue weighted by molar-refractivity contribution is 5.66. The Labute approximate surface area is 102 Å². The van der Waals surface area contributed by atoms with Crippen molar-refractivity contribution < 1.29 is 14.6 Å². The largest absolute Gasteiger partial charge is 0.497 e. The Morgan fingerprint density at radius 1 is 1.24 bits per heavy atom. The Bertz CT molecular complexity index is 366. The lowest BCUT2D eigenvalue weighted by Gasteiger charge is -2.01. The van der Waals surface area contributed by atoms with Crippen LogP contribution >= 0.6 is 0 Å². The lowest BCUT2D eigenvalue weighted by atomic mass is 10.1. The number of ether oxygens (including phenoxy) is 1. The maximum absolute atomic E-state index is 10.3. The molecule has 0 saturated carbocycles. The molecule has 3 heteroatoms. The molecule has 0 aliphatic carbocycles. The Balaban J connectivity index is 2.23. The van der Waals surface area contributed by atoms with E-state index in [4.69, 9.17) is 9.84 Å². The number of carboxylic acid groups (broad SMARTS) is 1. The van der Waals surface area contributed by atoms with Gasteiger partial charge in [0, 0.05) is 6.42 Å². The predicted octanol–water partition coefficient (Wildman–Crippen LogP) is 3.05. The van der Waals surface area contributed by atoms with Gasteiger partial charge in [-0.25, -0.2) is 0 Å². The Kier molecular flexibility index (Phi) is 5.86. The van der Waals surface area contributed by atoms with Crippen LogP contribution in [0.25, 0.3) is 0 Å². The minimum atomic E-state index is -0.746. The van der Waals surface area contributed by atoms with Gasteiger partial charge >= 0.3 is 5.97 Å². The second kappa shape index (κ2) is 7.49. The van der Waals surface area contributed by atoms with Crippen LogP contribution in [0, 0.1) is 0 Å². The summed E-state index contributed by atoms with van der Waals surface area (Å²) in [6.45, 7) is 0. The van der Waals surface area contributed by atoms with Crippen LogP contribution in [0.4, 0.5) is 0 Å². The van der Waals surface area contributed by atoms with Crippen molar-refractivity contribution in [1.29, 1.82) is 0 Å². The van der Waals surface area contributed by atoms with E-state index in [1.165, 1.54) is 5.56 Å². The van der Waals surface area contributed by atoms with E-state index in [1.807, 2.05) is 36.4 Å². The molecule has 0 fully saturated rings. The first-order chi connectivity index (χ1) is 8.22. The van der Waals surface area contributed by atoms with Gasteiger partial charge in [0.2, 0.25) is 0 Å². The molecular formula is C14H18O3. The predicted molar refractivity (Wildman–Crippen MR) is 67.3 cm³/mol. The molecule has 0 aromatic heterocycles. The zero-order chi connectivity index (χ0) is 12.5. The SMILES string of the molecule is COc1ccc(CC/C=C/CCC(=O)O)cc1. The quantitative estimate of drug-likeness (QED) is 0.737. The standard InChI is InChI=1S/C14H18O3/c1-17-13-10-8-12(9-11-13)6-4-2-3-5-7-14(15)16/h2-3,8-11H,4-7H2,1H3,(H,15,16)/b3-2+. The number of benzene rings is 1. The molecule has 1 rings (SSSR count). The van der Waals surface area contributed by atoms with Gasteiger partial charge in [0.15, 0.2) is 0 Å².